The van der Waals surface area contributed by atoms with E-state index in [2.05, 4.69) is 20.5 Å². The molecule has 25 heavy (non-hydrogen) atoms. The standard InChI is InChI=1S/C16H16N6O3/c1-9-7-10(2)21-14(19-20-16(21)18-9)8-17-15(23)12-5-4-6-13(11(12)3)22(24)25/h4-7H,8H2,1-3H3,(H,17,23). The van der Waals surface area contributed by atoms with Crippen molar-refractivity contribution in [1.29, 1.82) is 0 Å². The van der Waals surface area contributed by atoms with Gasteiger partial charge in [0.2, 0.25) is 0 Å². The van der Waals surface area contributed by atoms with Gasteiger partial charge in [0.05, 0.1) is 11.5 Å². The van der Waals surface area contributed by atoms with E-state index in [1.54, 1.807) is 17.4 Å². The SMILES string of the molecule is Cc1cc(C)n2c(CNC(=O)c3cccc([N+](=O)[O-])c3C)nnc2n1. The van der Waals surface area contributed by atoms with Gasteiger partial charge in [-0.05, 0) is 32.9 Å². The van der Waals surface area contributed by atoms with Crippen LogP contribution in [0.1, 0.15) is 33.1 Å². The van der Waals surface area contributed by atoms with E-state index >= 15 is 0 Å². The zero-order chi connectivity index (χ0) is 18.1. The summed E-state index contributed by atoms with van der Waals surface area (Å²) in [5.41, 5.74) is 2.23. The molecule has 0 atom stereocenters. The lowest BCUT2D eigenvalue weighted by molar-refractivity contribution is -0.385. The summed E-state index contributed by atoms with van der Waals surface area (Å²) in [4.78, 5) is 27.2. The number of fused-ring (bicyclic) bond motifs is 1. The highest BCUT2D eigenvalue weighted by Crippen LogP contribution is 2.21. The van der Waals surface area contributed by atoms with Crippen LogP contribution in [-0.2, 0) is 6.54 Å². The molecule has 3 rings (SSSR count). The van der Waals surface area contributed by atoms with Crippen molar-refractivity contribution in [2.24, 2.45) is 0 Å². The summed E-state index contributed by atoms with van der Waals surface area (Å²) in [6.45, 7) is 5.46. The number of aryl methyl sites for hydroxylation is 2. The van der Waals surface area contributed by atoms with Gasteiger partial charge in [0.15, 0.2) is 5.82 Å². The number of nitrogens with one attached hydrogen (secondary N) is 1. The Morgan fingerprint density at radius 1 is 1.28 bits per heavy atom. The maximum Gasteiger partial charge on any atom is 0.273 e. The van der Waals surface area contributed by atoms with Gasteiger partial charge in [0.25, 0.3) is 17.4 Å². The van der Waals surface area contributed by atoms with Crippen molar-refractivity contribution in [1.82, 2.24) is 24.9 Å². The number of rotatable bonds is 4. The Hall–Kier alpha value is -3.36. The summed E-state index contributed by atoms with van der Waals surface area (Å²) in [6, 6.07) is 6.31. The van der Waals surface area contributed by atoms with E-state index in [4.69, 9.17) is 0 Å². The molecule has 9 nitrogen and oxygen atoms in total. The number of benzene rings is 1. The van der Waals surface area contributed by atoms with Crippen LogP contribution in [0.5, 0.6) is 0 Å². The highest BCUT2D eigenvalue weighted by Gasteiger charge is 2.18. The van der Waals surface area contributed by atoms with Crippen molar-refractivity contribution in [3.63, 3.8) is 0 Å². The summed E-state index contributed by atoms with van der Waals surface area (Å²) in [7, 11) is 0. The summed E-state index contributed by atoms with van der Waals surface area (Å²) in [5.74, 6) is 0.598. The Kier molecular flexibility index (Phi) is 4.14. The number of nitro groups is 1. The van der Waals surface area contributed by atoms with Crippen LogP contribution < -0.4 is 5.32 Å². The first-order chi connectivity index (χ1) is 11.9. The molecular formula is C16H16N6O3. The maximum atomic E-state index is 12.4. The van der Waals surface area contributed by atoms with E-state index in [0.717, 1.165) is 11.4 Å². The molecule has 0 aliphatic heterocycles. The van der Waals surface area contributed by atoms with E-state index in [1.807, 2.05) is 19.9 Å². The third kappa shape index (κ3) is 3.03. The molecule has 0 saturated carbocycles. The predicted molar refractivity (Wildman–Crippen MR) is 89.3 cm³/mol. The van der Waals surface area contributed by atoms with Gasteiger partial charge in [-0.2, -0.15) is 0 Å². The molecule has 9 heteroatoms. The fourth-order valence-electron chi connectivity index (χ4n) is 2.73. The van der Waals surface area contributed by atoms with E-state index in [-0.39, 0.29) is 17.8 Å². The summed E-state index contributed by atoms with van der Waals surface area (Å²) < 4.78 is 1.76. The van der Waals surface area contributed by atoms with Crippen LogP contribution in [0.25, 0.3) is 5.78 Å². The van der Waals surface area contributed by atoms with Crippen molar-refractivity contribution < 1.29 is 9.72 Å². The Bertz CT molecular complexity index is 995. The Labute approximate surface area is 142 Å². The van der Waals surface area contributed by atoms with Crippen LogP contribution >= 0.6 is 0 Å². The second-order valence-electron chi connectivity index (χ2n) is 5.68. The van der Waals surface area contributed by atoms with E-state index < -0.39 is 10.8 Å². The fourth-order valence-corrected chi connectivity index (χ4v) is 2.73. The number of amides is 1. The van der Waals surface area contributed by atoms with Gasteiger partial charge in [-0.3, -0.25) is 19.3 Å². The molecule has 1 N–H and O–H groups in total. The molecule has 0 spiro atoms. The molecule has 0 saturated heterocycles. The van der Waals surface area contributed by atoms with E-state index in [0.29, 0.717) is 17.2 Å². The lowest BCUT2D eigenvalue weighted by atomic mass is 10.1. The first-order valence-electron chi connectivity index (χ1n) is 7.59. The molecule has 2 aromatic heterocycles. The first-order valence-corrected chi connectivity index (χ1v) is 7.59. The molecule has 0 aliphatic rings. The molecule has 3 aromatic rings. The number of hydrogen-bond donors (Lipinski definition) is 1. The number of hydrogen-bond acceptors (Lipinski definition) is 6. The van der Waals surface area contributed by atoms with Crippen molar-refractivity contribution in [3.8, 4) is 0 Å². The molecular weight excluding hydrogens is 324 g/mol. The number of aromatic nitrogens is 4. The Morgan fingerprint density at radius 3 is 2.76 bits per heavy atom. The second kappa shape index (κ2) is 6.27. The van der Waals surface area contributed by atoms with Crippen molar-refractivity contribution in [2.45, 2.75) is 27.3 Å². The van der Waals surface area contributed by atoms with Gasteiger partial charge >= 0.3 is 0 Å². The van der Waals surface area contributed by atoms with E-state index in [9.17, 15) is 14.9 Å². The van der Waals surface area contributed by atoms with Crippen molar-refractivity contribution in [3.05, 3.63) is 62.7 Å². The van der Waals surface area contributed by atoms with Crippen LogP contribution in [0.4, 0.5) is 5.69 Å². The zero-order valence-electron chi connectivity index (χ0n) is 14.0. The lowest BCUT2D eigenvalue weighted by Gasteiger charge is -2.08. The van der Waals surface area contributed by atoms with Gasteiger partial charge in [-0.1, -0.05) is 6.07 Å². The predicted octanol–water partition coefficient (Wildman–Crippen LogP) is 1.89. The largest absolute Gasteiger partial charge is 0.345 e. The van der Waals surface area contributed by atoms with Crippen LogP contribution in [-0.4, -0.2) is 30.4 Å². The molecule has 1 aromatic carbocycles. The monoisotopic (exact) mass is 340 g/mol. The fraction of sp³-hybridized carbons (Fsp3) is 0.250. The van der Waals surface area contributed by atoms with Gasteiger partial charge < -0.3 is 5.32 Å². The lowest BCUT2D eigenvalue weighted by Crippen LogP contribution is -2.25. The molecule has 128 valence electrons. The third-order valence-electron chi connectivity index (χ3n) is 3.91. The number of nitrogens with zero attached hydrogens (tertiary/aromatic N) is 5. The quantitative estimate of drug-likeness (QED) is 0.573. The normalized spacial score (nSPS) is 10.8. The summed E-state index contributed by atoms with van der Waals surface area (Å²) in [5, 5.41) is 21.8. The van der Waals surface area contributed by atoms with E-state index in [1.165, 1.54) is 12.1 Å². The zero-order valence-corrected chi connectivity index (χ0v) is 14.0. The van der Waals surface area contributed by atoms with Crippen LogP contribution in [0, 0.1) is 30.9 Å². The maximum absolute atomic E-state index is 12.4. The Balaban J connectivity index is 1.84. The molecule has 0 aliphatic carbocycles. The average Bonchev–Trinajstić information content (AvgIpc) is 2.95. The van der Waals surface area contributed by atoms with Crippen LogP contribution in [0.15, 0.2) is 24.3 Å². The minimum absolute atomic E-state index is 0.0869. The minimum atomic E-state index is -0.504. The highest BCUT2D eigenvalue weighted by atomic mass is 16.6. The summed E-state index contributed by atoms with van der Waals surface area (Å²) in [6.07, 6.45) is 0. The number of nitro benzene ring substituents is 1. The smallest absolute Gasteiger partial charge is 0.273 e. The molecule has 2 heterocycles. The van der Waals surface area contributed by atoms with Gasteiger partial charge in [-0.25, -0.2) is 4.98 Å². The average molecular weight is 340 g/mol. The topological polar surface area (TPSA) is 115 Å². The van der Waals surface area contributed by atoms with Crippen molar-refractivity contribution >= 4 is 17.4 Å². The Morgan fingerprint density at radius 2 is 2.04 bits per heavy atom. The van der Waals surface area contributed by atoms with Gasteiger partial charge in [0, 0.05) is 28.6 Å². The third-order valence-corrected chi connectivity index (χ3v) is 3.91. The minimum Gasteiger partial charge on any atom is -0.345 e. The molecule has 0 unspecified atom stereocenters. The number of carbonyl (C=O) groups excluding carboxylic acids is 1. The van der Waals surface area contributed by atoms with Gasteiger partial charge in [-0.15, -0.1) is 10.2 Å². The second-order valence-corrected chi connectivity index (χ2v) is 5.68. The van der Waals surface area contributed by atoms with Crippen molar-refractivity contribution in [2.75, 3.05) is 0 Å². The molecule has 1 amide bonds. The summed E-state index contributed by atoms with van der Waals surface area (Å²) >= 11 is 0. The van der Waals surface area contributed by atoms with Gasteiger partial charge in [0.1, 0.15) is 0 Å². The molecule has 0 bridgehead atoms. The highest BCUT2D eigenvalue weighted by molar-refractivity contribution is 5.96. The molecule has 0 fully saturated rings. The van der Waals surface area contributed by atoms with Crippen LogP contribution in [0.2, 0.25) is 0 Å². The first kappa shape index (κ1) is 16.5. The van der Waals surface area contributed by atoms with Crippen LogP contribution in [0.3, 0.4) is 0 Å². The number of carbonyl (C=O) groups is 1. The molecule has 0 radical (unpaired) electrons.